The van der Waals surface area contributed by atoms with E-state index in [0.717, 1.165) is 5.75 Å². The lowest BCUT2D eigenvalue weighted by molar-refractivity contribution is 1.41. The van der Waals surface area contributed by atoms with Crippen LogP contribution in [0.25, 0.3) is 0 Å². The predicted octanol–water partition coefficient (Wildman–Crippen LogP) is 3.15. The van der Waals surface area contributed by atoms with E-state index < -0.39 is 0 Å². The summed E-state index contributed by atoms with van der Waals surface area (Å²) in [6.45, 7) is 0. The Morgan fingerprint density at radius 2 is 1.90 bits per heavy atom. The quantitative estimate of drug-likeness (QED) is 0.739. The molecule has 0 heterocycles. The van der Waals surface area contributed by atoms with Crippen molar-refractivity contribution in [2.75, 3.05) is 6.26 Å². The minimum Gasteiger partial charge on any atom is -0.161 e. The van der Waals surface area contributed by atoms with Gasteiger partial charge in [-0.15, -0.1) is 0 Å². The Bertz CT molecular complexity index is 193. The highest BCUT2D eigenvalue weighted by Crippen LogP contribution is 2.11. The molecule has 0 aliphatic carbocycles. The molecule has 10 heavy (non-hydrogen) atoms. The van der Waals surface area contributed by atoms with Crippen molar-refractivity contribution in [3.8, 4) is 0 Å². The lowest BCUT2D eigenvalue weighted by Crippen LogP contribution is -1.78. The predicted molar refractivity (Wildman–Crippen MR) is 56.4 cm³/mol. The van der Waals surface area contributed by atoms with Gasteiger partial charge in [0, 0.05) is 9.32 Å². The molecule has 0 aromatic heterocycles. The van der Waals surface area contributed by atoms with Gasteiger partial charge in [0.05, 0.1) is 0 Å². The summed E-state index contributed by atoms with van der Waals surface area (Å²) in [7, 11) is 0. The summed E-state index contributed by atoms with van der Waals surface area (Å²) in [5.41, 5.74) is 1.41. The van der Waals surface area contributed by atoms with Crippen molar-refractivity contribution >= 4 is 34.4 Å². The summed E-state index contributed by atoms with van der Waals surface area (Å²) in [6, 6.07) is 8.65. The molecular formula is C8H9IS. The Hall–Kier alpha value is 0.300. The zero-order valence-corrected chi connectivity index (χ0v) is 8.78. The molecule has 0 saturated carbocycles. The van der Waals surface area contributed by atoms with Crippen LogP contribution >= 0.6 is 34.4 Å². The molecule has 0 fully saturated rings. The van der Waals surface area contributed by atoms with Crippen molar-refractivity contribution in [1.82, 2.24) is 0 Å². The monoisotopic (exact) mass is 264 g/mol. The molecular weight excluding hydrogens is 255 g/mol. The largest absolute Gasteiger partial charge is 0.161 e. The SMILES string of the molecule is CSCc1ccc(I)cc1. The average Bonchev–Trinajstić information content (AvgIpc) is 1.95. The fourth-order valence-electron chi connectivity index (χ4n) is 0.747. The smallest absolute Gasteiger partial charge is 0.0181 e. The maximum absolute atomic E-state index is 2.32. The number of thioether (sulfide) groups is 1. The van der Waals surface area contributed by atoms with Gasteiger partial charge in [0.15, 0.2) is 0 Å². The van der Waals surface area contributed by atoms with Gasteiger partial charge in [0.1, 0.15) is 0 Å². The molecule has 1 rings (SSSR count). The Morgan fingerprint density at radius 3 is 2.40 bits per heavy atom. The topological polar surface area (TPSA) is 0 Å². The highest BCUT2D eigenvalue weighted by atomic mass is 127. The van der Waals surface area contributed by atoms with Crippen LogP contribution in [-0.4, -0.2) is 6.26 Å². The van der Waals surface area contributed by atoms with E-state index in [-0.39, 0.29) is 0 Å². The second-order valence-electron chi connectivity index (χ2n) is 2.06. The van der Waals surface area contributed by atoms with Crippen LogP contribution in [0.4, 0.5) is 0 Å². The van der Waals surface area contributed by atoms with Crippen molar-refractivity contribution in [3.05, 3.63) is 33.4 Å². The highest BCUT2D eigenvalue weighted by molar-refractivity contribution is 14.1. The zero-order valence-electron chi connectivity index (χ0n) is 5.80. The first-order chi connectivity index (χ1) is 4.83. The van der Waals surface area contributed by atoms with E-state index in [9.17, 15) is 0 Å². The van der Waals surface area contributed by atoms with E-state index in [1.165, 1.54) is 9.13 Å². The molecule has 0 nitrogen and oxygen atoms in total. The van der Waals surface area contributed by atoms with Crippen LogP contribution < -0.4 is 0 Å². The Labute approximate surface area is 79.5 Å². The number of rotatable bonds is 2. The third-order valence-corrected chi connectivity index (χ3v) is 2.57. The van der Waals surface area contributed by atoms with E-state index >= 15 is 0 Å². The van der Waals surface area contributed by atoms with E-state index in [1.54, 1.807) is 0 Å². The van der Waals surface area contributed by atoms with Crippen molar-refractivity contribution in [3.63, 3.8) is 0 Å². The van der Waals surface area contributed by atoms with Crippen molar-refractivity contribution in [2.24, 2.45) is 0 Å². The van der Waals surface area contributed by atoms with Crippen LogP contribution in [0.5, 0.6) is 0 Å². The van der Waals surface area contributed by atoms with E-state index in [2.05, 4.69) is 53.1 Å². The van der Waals surface area contributed by atoms with Gasteiger partial charge >= 0.3 is 0 Å². The van der Waals surface area contributed by atoms with Crippen molar-refractivity contribution in [2.45, 2.75) is 5.75 Å². The molecule has 0 aliphatic heterocycles. The molecule has 0 aliphatic rings. The fourth-order valence-corrected chi connectivity index (χ4v) is 1.63. The third kappa shape index (κ3) is 2.50. The molecule has 0 atom stereocenters. The Kier molecular flexibility index (Phi) is 3.56. The molecule has 0 amide bonds. The second kappa shape index (κ2) is 4.23. The Morgan fingerprint density at radius 1 is 1.30 bits per heavy atom. The van der Waals surface area contributed by atoms with Crippen molar-refractivity contribution < 1.29 is 0 Å². The summed E-state index contributed by atoms with van der Waals surface area (Å²) in [6.07, 6.45) is 2.12. The summed E-state index contributed by atoms with van der Waals surface area (Å²) in [5.74, 6) is 1.12. The molecule has 0 N–H and O–H groups in total. The summed E-state index contributed by atoms with van der Waals surface area (Å²) in [4.78, 5) is 0. The van der Waals surface area contributed by atoms with Crippen LogP contribution in [0, 0.1) is 3.57 Å². The summed E-state index contributed by atoms with van der Waals surface area (Å²) < 4.78 is 1.31. The number of halogens is 1. The lowest BCUT2D eigenvalue weighted by Gasteiger charge is -1.96. The summed E-state index contributed by atoms with van der Waals surface area (Å²) in [5, 5.41) is 0. The second-order valence-corrected chi connectivity index (χ2v) is 4.17. The van der Waals surface area contributed by atoms with E-state index in [0.29, 0.717) is 0 Å². The molecule has 0 saturated heterocycles. The fraction of sp³-hybridized carbons (Fsp3) is 0.250. The number of benzene rings is 1. The minimum absolute atomic E-state index is 1.12. The van der Waals surface area contributed by atoms with Gasteiger partial charge in [0.2, 0.25) is 0 Å². The van der Waals surface area contributed by atoms with Gasteiger partial charge in [-0.3, -0.25) is 0 Å². The van der Waals surface area contributed by atoms with Crippen LogP contribution in [0.3, 0.4) is 0 Å². The normalized spacial score (nSPS) is 9.80. The minimum atomic E-state index is 1.12. The van der Waals surface area contributed by atoms with Gasteiger partial charge in [-0.1, -0.05) is 12.1 Å². The third-order valence-electron chi connectivity index (χ3n) is 1.22. The van der Waals surface area contributed by atoms with E-state index in [4.69, 9.17) is 0 Å². The lowest BCUT2D eigenvalue weighted by atomic mass is 10.2. The molecule has 0 spiro atoms. The van der Waals surface area contributed by atoms with Crippen LogP contribution in [0.2, 0.25) is 0 Å². The maximum Gasteiger partial charge on any atom is 0.0181 e. The molecule has 1 aromatic carbocycles. The summed E-state index contributed by atoms with van der Waals surface area (Å²) >= 11 is 4.18. The molecule has 0 unspecified atom stereocenters. The molecule has 2 heteroatoms. The number of hydrogen-bond donors (Lipinski definition) is 0. The van der Waals surface area contributed by atoms with Crippen LogP contribution in [0.15, 0.2) is 24.3 Å². The highest BCUT2D eigenvalue weighted by Gasteiger charge is 1.89. The standard InChI is InChI=1S/C8H9IS/c1-10-6-7-2-4-8(9)5-3-7/h2-5H,6H2,1H3. The van der Waals surface area contributed by atoms with E-state index in [1.807, 2.05) is 11.8 Å². The van der Waals surface area contributed by atoms with Gasteiger partial charge < -0.3 is 0 Å². The molecule has 54 valence electrons. The van der Waals surface area contributed by atoms with Crippen LogP contribution in [-0.2, 0) is 5.75 Å². The number of hydrogen-bond acceptors (Lipinski definition) is 1. The Balaban J connectivity index is 2.69. The van der Waals surface area contributed by atoms with Crippen LogP contribution in [0.1, 0.15) is 5.56 Å². The van der Waals surface area contributed by atoms with Gasteiger partial charge in [-0.05, 0) is 46.5 Å². The first-order valence-electron chi connectivity index (χ1n) is 3.06. The zero-order chi connectivity index (χ0) is 7.40. The molecule has 1 aromatic rings. The van der Waals surface area contributed by atoms with Gasteiger partial charge in [-0.25, -0.2) is 0 Å². The van der Waals surface area contributed by atoms with Gasteiger partial charge in [-0.2, -0.15) is 11.8 Å². The first-order valence-corrected chi connectivity index (χ1v) is 5.53. The van der Waals surface area contributed by atoms with Gasteiger partial charge in [0.25, 0.3) is 0 Å². The average molecular weight is 264 g/mol. The maximum atomic E-state index is 2.32. The molecule has 0 radical (unpaired) electrons. The first kappa shape index (κ1) is 8.40. The van der Waals surface area contributed by atoms with Crippen molar-refractivity contribution in [1.29, 1.82) is 0 Å². The molecule has 0 bridgehead atoms.